The Kier molecular flexibility index (Phi) is 4.60. The van der Waals surface area contributed by atoms with Crippen LogP contribution >= 0.6 is 0 Å². The Morgan fingerprint density at radius 1 is 1.13 bits per heavy atom. The molecule has 1 amide bonds. The maximum Gasteiger partial charge on any atom is 0.270 e. The van der Waals surface area contributed by atoms with Crippen LogP contribution in [0.25, 0.3) is 0 Å². The summed E-state index contributed by atoms with van der Waals surface area (Å²) in [6.07, 6.45) is 0. The molecular formula is C14H13N3O5S. The number of rotatable bonds is 5. The molecule has 2 rings (SSSR count). The first kappa shape index (κ1) is 16.4. The lowest BCUT2D eigenvalue weighted by Gasteiger charge is -2.08. The third-order valence-electron chi connectivity index (χ3n) is 2.97. The van der Waals surface area contributed by atoms with Gasteiger partial charge in [-0.05, 0) is 30.3 Å². The molecule has 0 saturated carbocycles. The van der Waals surface area contributed by atoms with Gasteiger partial charge >= 0.3 is 0 Å². The van der Waals surface area contributed by atoms with Crippen molar-refractivity contribution in [1.82, 2.24) is 5.32 Å². The minimum Gasteiger partial charge on any atom is -0.355 e. The Morgan fingerprint density at radius 2 is 1.78 bits per heavy atom. The Morgan fingerprint density at radius 3 is 2.35 bits per heavy atom. The number of amides is 1. The van der Waals surface area contributed by atoms with Gasteiger partial charge in [0.2, 0.25) is 0 Å². The normalized spacial score (nSPS) is 10.8. The third kappa shape index (κ3) is 3.83. The molecule has 2 aromatic carbocycles. The number of nitrogens with zero attached hydrogens (tertiary/aromatic N) is 1. The second kappa shape index (κ2) is 6.44. The fourth-order valence-corrected chi connectivity index (χ4v) is 2.91. The molecule has 8 nitrogen and oxygen atoms in total. The number of benzene rings is 2. The average molecular weight is 335 g/mol. The van der Waals surface area contributed by atoms with Gasteiger partial charge in [-0.3, -0.25) is 19.6 Å². The molecule has 0 atom stereocenters. The zero-order valence-electron chi connectivity index (χ0n) is 12.0. The van der Waals surface area contributed by atoms with Crippen LogP contribution < -0.4 is 10.0 Å². The number of anilines is 1. The highest BCUT2D eigenvalue weighted by molar-refractivity contribution is 7.92. The van der Waals surface area contributed by atoms with Crippen LogP contribution in [0.15, 0.2) is 53.4 Å². The number of nitro groups is 1. The van der Waals surface area contributed by atoms with E-state index < -0.39 is 14.9 Å². The van der Waals surface area contributed by atoms with Crippen LogP contribution in [0.3, 0.4) is 0 Å². The van der Waals surface area contributed by atoms with E-state index >= 15 is 0 Å². The van der Waals surface area contributed by atoms with E-state index in [1.165, 1.54) is 49.5 Å². The van der Waals surface area contributed by atoms with Gasteiger partial charge in [0.05, 0.1) is 9.82 Å². The lowest BCUT2D eigenvalue weighted by molar-refractivity contribution is -0.385. The van der Waals surface area contributed by atoms with Crippen molar-refractivity contribution < 1.29 is 18.1 Å². The van der Waals surface area contributed by atoms with Crippen molar-refractivity contribution in [1.29, 1.82) is 0 Å². The second-order valence-electron chi connectivity index (χ2n) is 4.52. The van der Waals surface area contributed by atoms with E-state index in [0.29, 0.717) is 5.56 Å². The van der Waals surface area contributed by atoms with E-state index in [9.17, 15) is 23.3 Å². The molecule has 0 aliphatic carbocycles. The first-order valence-electron chi connectivity index (χ1n) is 6.43. The van der Waals surface area contributed by atoms with E-state index in [1.807, 2.05) is 0 Å². The van der Waals surface area contributed by atoms with Crippen LogP contribution in [-0.4, -0.2) is 26.3 Å². The second-order valence-corrected chi connectivity index (χ2v) is 6.20. The molecule has 0 radical (unpaired) electrons. The van der Waals surface area contributed by atoms with Crippen molar-refractivity contribution in [3.05, 3.63) is 64.2 Å². The monoisotopic (exact) mass is 335 g/mol. The quantitative estimate of drug-likeness (QED) is 0.637. The predicted octanol–water partition coefficient (Wildman–Crippen LogP) is 1.76. The molecule has 9 heteroatoms. The van der Waals surface area contributed by atoms with Crippen molar-refractivity contribution in [2.24, 2.45) is 0 Å². The summed E-state index contributed by atoms with van der Waals surface area (Å²) >= 11 is 0. The molecule has 0 bridgehead atoms. The third-order valence-corrected chi connectivity index (χ3v) is 4.34. The van der Waals surface area contributed by atoms with Crippen molar-refractivity contribution >= 4 is 27.3 Å². The topological polar surface area (TPSA) is 118 Å². The van der Waals surface area contributed by atoms with Gasteiger partial charge in [0.15, 0.2) is 0 Å². The number of nitro benzene ring substituents is 1. The van der Waals surface area contributed by atoms with Crippen molar-refractivity contribution in [3.63, 3.8) is 0 Å². The highest BCUT2D eigenvalue weighted by Gasteiger charge is 2.17. The number of non-ortho nitro benzene ring substituents is 1. The number of hydrogen-bond acceptors (Lipinski definition) is 5. The minimum absolute atomic E-state index is 0.220. The summed E-state index contributed by atoms with van der Waals surface area (Å²) in [4.78, 5) is 21.3. The fourth-order valence-electron chi connectivity index (χ4n) is 1.81. The summed E-state index contributed by atoms with van der Waals surface area (Å²) < 4.78 is 26.8. The van der Waals surface area contributed by atoms with Crippen molar-refractivity contribution in [3.8, 4) is 0 Å². The Balaban J connectivity index is 2.26. The van der Waals surface area contributed by atoms with Crippen molar-refractivity contribution in [2.45, 2.75) is 4.90 Å². The standard InChI is InChI=1S/C14H13N3O5S/c1-15-14(18)10-5-7-11(8-6-10)16-23(21,22)13-4-2-3-12(9-13)17(19)20/h2-9,16H,1H3,(H,15,18). The zero-order chi connectivity index (χ0) is 17.0. The maximum atomic E-state index is 12.2. The molecule has 0 aliphatic heterocycles. The summed E-state index contributed by atoms with van der Waals surface area (Å²) in [5.74, 6) is -0.293. The molecule has 0 saturated heterocycles. The van der Waals surface area contributed by atoms with Gasteiger partial charge in [0.1, 0.15) is 0 Å². The Labute approximate surface area is 132 Å². The number of nitrogens with one attached hydrogen (secondary N) is 2. The summed E-state index contributed by atoms with van der Waals surface area (Å²) in [7, 11) is -2.48. The van der Waals surface area contributed by atoms with Crippen LogP contribution in [0, 0.1) is 10.1 Å². The predicted molar refractivity (Wildman–Crippen MR) is 83.7 cm³/mol. The number of hydrogen-bond donors (Lipinski definition) is 2. The molecule has 0 unspecified atom stereocenters. The van der Waals surface area contributed by atoms with E-state index in [2.05, 4.69) is 10.0 Å². The van der Waals surface area contributed by atoms with Gasteiger partial charge < -0.3 is 5.32 Å². The average Bonchev–Trinajstić information content (AvgIpc) is 2.54. The highest BCUT2D eigenvalue weighted by Crippen LogP contribution is 2.20. The van der Waals surface area contributed by atoms with E-state index in [1.54, 1.807) is 0 Å². The summed E-state index contributed by atoms with van der Waals surface area (Å²) in [5.41, 5.74) is 0.304. The SMILES string of the molecule is CNC(=O)c1ccc(NS(=O)(=O)c2cccc([N+](=O)[O-])c2)cc1. The van der Waals surface area contributed by atoms with Crippen LogP contribution in [0.5, 0.6) is 0 Å². The number of carbonyl (C=O) groups is 1. The Hall–Kier alpha value is -2.94. The summed E-state index contributed by atoms with van der Waals surface area (Å²) in [5, 5.41) is 13.2. The van der Waals surface area contributed by atoms with Crippen LogP contribution in [0.4, 0.5) is 11.4 Å². The van der Waals surface area contributed by atoms with Crippen LogP contribution in [0.2, 0.25) is 0 Å². The number of carbonyl (C=O) groups excluding carboxylic acids is 1. The lowest BCUT2D eigenvalue weighted by Crippen LogP contribution is -2.18. The maximum absolute atomic E-state index is 12.2. The van der Waals surface area contributed by atoms with Gasteiger partial charge in [-0.2, -0.15) is 0 Å². The van der Waals surface area contributed by atoms with Crippen molar-refractivity contribution in [2.75, 3.05) is 11.8 Å². The largest absolute Gasteiger partial charge is 0.355 e. The minimum atomic E-state index is -3.96. The molecule has 23 heavy (non-hydrogen) atoms. The molecular weight excluding hydrogens is 322 g/mol. The van der Waals surface area contributed by atoms with E-state index in [0.717, 1.165) is 6.07 Å². The van der Waals surface area contributed by atoms with E-state index in [4.69, 9.17) is 0 Å². The van der Waals surface area contributed by atoms with E-state index in [-0.39, 0.29) is 22.2 Å². The first-order chi connectivity index (χ1) is 10.8. The Bertz CT molecular complexity index is 847. The smallest absolute Gasteiger partial charge is 0.270 e. The van der Waals surface area contributed by atoms with Gasteiger partial charge in [-0.25, -0.2) is 8.42 Å². The molecule has 0 fully saturated rings. The van der Waals surface area contributed by atoms with Crippen LogP contribution in [0.1, 0.15) is 10.4 Å². The highest BCUT2D eigenvalue weighted by atomic mass is 32.2. The van der Waals surface area contributed by atoms with Gasteiger partial charge in [0, 0.05) is 30.4 Å². The lowest BCUT2D eigenvalue weighted by atomic mass is 10.2. The van der Waals surface area contributed by atoms with Gasteiger partial charge in [-0.1, -0.05) is 6.07 Å². The number of sulfonamides is 1. The zero-order valence-corrected chi connectivity index (χ0v) is 12.8. The summed E-state index contributed by atoms with van der Waals surface area (Å²) in [6.45, 7) is 0. The molecule has 0 aliphatic rings. The molecule has 0 heterocycles. The molecule has 0 spiro atoms. The molecule has 2 aromatic rings. The first-order valence-corrected chi connectivity index (χ1v) is 7.91. The molecule has 120 valence electrons. The summed E-state index contributed by atoms with van der Waals surface area (Å²) in [6, 6.07) is 10.5. The van der Waals surface area contributed by atoms with Gasteiger partial charge in [0.25, 0.3) is 21.6 Å². The van der Waals surface area contributed by atoms with Crippen LogP contribution in [-0.2, 0) is 10.0 Å². The molecule has 0 aromatic heterocycles. The van der Waals surface area contributed by atoms with Gasteiger partial charge in [-0.15, -0.1) is 0 Å². The molecule has 2 N–H and O–H groups in total. The fraction of sp³-hybridized carbons (Fsp3) is 0.0714.